The van der Waals surface area contributed by atoms with E-state index >= 15 is 0 Å². The standard InChI is InChI=1S/C60H48BNO3/c1-39-26-30-56-53(34-39)60(44-16-14-22-49(36-44)63-47-18-8-6-9-19-47,45-17-15-23-50(37-45)64-48-20-10-7-11-21-48)54-35-40(2)27-31-57(54)62(56)46-28-29-55-52(38-46)51-24-12-13-25-58(51)65-61(55)59-42(4)32-41(3)33-43(59)5/h6-38H,1-5H3. The smallest absolute Gasteiger partial charge is 0.427 e. The molecule has 0 saturated carbocycles. The highest BCUT2D eigenvalue weighted by Gasteiger charge is 2.47. The Kier molecular flexibility index (Phi) is 9.92. The van der Waals surface area contributed by atoms with Crippen LogP contribution in [0.4, 0.5) is 17.1 Å². The van der Waals surface area contributed by atoms with Gasteiger partial charge in [-0.05, 0) is 152 Å². The minimum Gasteiger partial charge on any atom is -0.551 e. The largest absolute Gasteiger partial charge is 0.551 e. The lowest BCUT2D eigenvalue weighted by molar-refractivity contribution is 0.479. The minimum absolute atomic E-state index is 0.246. The molecule has 0 saturated heterocycles. The van der Waals surface area contributed by atoms with Crippen LogP contribution in [0, 0.1) is 34.6 Å². The summed E-state index contributed by atoms with van der Waals surface area (Å²) in [5, 5.41) is 0. The average Bonchev–Trinajstić information content (AvgIpc) is 3.31. The Morgan fingerprint density at radius 3 is 1.52 bits per heavy atom. The molecule has 0 fully saturated rings. The number of hydrogen-bond donors (Lipinski definition) is 0. The van der Waals surface area contributed by atoms with E-state index in [4.69, 9.17) is 14.1 Å². The molecule has 0 N–H and O–H groups in total. The van der Waals surface area contributed by atoms with Crippen molar-refractivity contribution in [3.8, 4) is 39.9 Å². The first-order valence-corrected chi connectivity index (χ1v) is 22.4. The van der Waals surface area contributed by atoms with Crippen LogP contribution in [0.3, 0.4) is 0 Å². The Balaban J connectivity index is 1.16. The second-order valence-corrected chi connectivity index (χ2v) is 17.6. The summed E-state index contributed by atoms with van der Waals surface area (Å²) in [7, 11) is 0. The van der Waals surface area contributed by atoms with Crippen LogP contribution in [-0.2, 0) is 5.41 Å². The first-order chi connectivity index (χ1) is 31.7. The van der Waals surface area contributed by atoms with Crippen molar-refractivity contribution >= 4 is 34.9 Å². The first kappa shape index (κ1) is 40.0. The average molecular weight is 842 g/mol. The normalized spacial score (nSPS) is 13.2. The van der Waals surface area contributed by atoms with Crippen LogP contribution in [0.5, 0.6) is 28.7 Å². The minimum atomic E-state index is -0.800. The zero-order chi connectivity index (χ0) is 44.2. The van der Waals surface area contributed by atoms with Gasteiger partial charge in [0.15, 0.2) is 0 Å². The number of fused-ring (bicyclic) bond motifs is 5. The summed E-state index contributed by atoms with van der Waals surface area (Å²) in [6.45, 7) is 10.7. The van der Waals surface area contributed by atoms with Gasteiger partial charge in [0, 0.05) is 11.3 Å². The molecule has 0 aromatic heterocycles. The van der Waals surface area contributed by atoms with Gasteiger partial charge in [0.25, 0.3) is 0 Å². The van der Waals surface area contributed by atoms with Gasteiger partial charge >= 0.3 is 6.92 Å². The maximum absolute atomic E-state index is 6.96. The summed E-state index contributed by atoms with van der Waals surface area (Å²) in [6, 6.07) is 71.1. The molecule has 2 aliphatic rings. The van der Waals surface area contributed by atoms with Crippen molar-refractivity contribution in [1.82, 2.24) is 0 Å². The number of nitrogens with zero attached hydrogens (tertiary/aromatic N) is 1. The molecule has 314 valence electrons. The van der Waals surface area contributed by atoms with Crippen LogP contribution < -0.4 is 30.0 Å². The number of aryl methyl sites for hydroxylation is 5. The number of hydrogen-bond acceptors (Lipinski definition) is 4. The second kappa shape index (κ2) is 16.1. The molecule has 0 amide bonds. The Morgan fingerprint density at radius 2 is 0.954 bits per heavy atom. The maximum atomic E-state index is 6.96. The predicted molar refractivity (Wildman–Crippen MR) is 267 cm³/mol. The summed E-state index contributed by atoms with van der Waals surface area (Å²) >= 11 is 0. The summed E-state index contributed by atoms with van der Waals surface area (Å²) in [4.78, 5) is 2.46. The van der Waals surface area contributed by atoms with E-state index in [9.17, 15) is 0 Å². The second-order valence-electron chi connectivity index (χ2n) is 17.6. The molecule has 11 rings (SSSR count). The third kappa shape index (κ3) is 6.96. The van der Waals surface area contributed by atoms with Crippen molar-refractivity contribution in [2.75, 3.05) is 4.90 Å². The van der Waals surface area contributed by atoms with Gasteiger partial charge in [-0.25, -0.2) is 0 Å². The number of ether oxygens (including phenoxy) is 2. The molecule has 0 radical (unpaired) electrons. The molecule has 2 aliphatic heterocycles. The molecule has 4 nitrogen and oxygen atoms in total. The molecule has 0 bridgehead atoms. The van der Waals surface area contributed by atoms with E-state index in [1.807, 2.05) is 72.8 Å². The van der Waals surface area contributed by atoms with E-state index < -0.39 is 5.41 Å². The lowest BCUT2D eigenvalue weighted by Gasteiger charge is -2.47. The topological polar surface area (TPSA) is 30.9 Å². The van der Waals surface area contributed by atoms with Crippen molar-refractivity contribution in [3.63, 3.8) is 0 Å². The molecule has 0 aliphatic carbocycles. The number of benzene rings is 9. The molecule has 9 aromatic carbocycles. The lowest BCUT2D eigenvalue weighted by Crippen LogP contribution is -2.52. The Labute approximate surface area is 382 Å². The van der Waals surface area contributed by atoms with Gasteiger partial charge in [0.1, 0.15) is 28.7 Å². The number of anilines is 3. The van der Waals surface area contributed by atoms with Gasteiger partial charge in [-0.3, -0.25) is 0 Å². The van der Waals surface area contributed by atoms with E-state index in [1.54, 1.807) is 0 Å². The molecular formula is C60H48BNO3. The fourth-order valence-corrected chi connectivity index (χ4v) is 10.4. The van der Waals surface area contributed by atoms with Crippen molar-refractivity contribution in [1.29, 1.82) is 0 Å². The van der Waals surface area contributed by atoms with E-state index in [2.05, 4.69) is 167 Å². The van der Waals surface area contributed by atoms with Gasteiger partial charge in [-0.15, -0.1) is 0 Å². The van der Waals surface area contributed by atoms with Crippen LogP contribution in [0.15, 0.2) is 200 Å². The monoisotopic (exact) mass is 841 g/mol. The van der Waals surface area contributed by atoms with E-state index in [0.29, 0.717) is 0 Å². The van der Waals surface area contributed by atoms with E-state index in [0.717, 1.165) is 79.1 Å². The molecule has 0 unspecified atom stereocenters. The van der Waals surface area contributed by atoms with Gasteiger partial charge in [-0.2, -0.15) is 0 Å². The molecule has 0 spiro atoms. The number of para-hydroxylation sites is 3. The third-order valence-corrected chi connectivity index (χ3v) is 13.1. The highest BCUT2D eigenvalue weighted by Crippen LogP contribution is 2.59. The SMILES string of the molecule is Cc1cc(C)c(B2Oc3ccccc3-c3cc(N4c5ccc(C)cc5C(c5cccc(Oc6ccccc6)c5)(c5cccc(Oc6ccccc6)c5)c5cc(C)ccc54)ccc32)c(C)c1. The molecule has 0 atom stereocenters. The Bertz CT molecular complexity index is 3110. The van der Waals surface area contributed by atoms with Crippen molar-refractivity contribution in [3.05, 3.63) is 250 Å². The van der Waals surface area contributed by atoms with Crippen molar-refractivity contribution in [2.24, 2.45) is 0 Å². The Hall–Kier alpha value is -7.76. The van der Waals surface area contributed by atoms with Crippen molar-refractivity contribution in [2.45, 2.75) is 40.0 Å². The molecule has 9 aromatic rings. The highest BCUT2D eigenvalue weighted by molar-refractivity contribution is 6.83. The van der Waals surface area contributed by atoms with Crippen LogP contribution >= 0.6 is 0 Å². The first-order valence-electron chi connectivity index (χ1n) is 22.4. The quantitative estimate of drug-likeness (QED) is 0.143. The molecule has 5 heteroatoms. The van der Waals surface area contributed by atoms with Gasteiger partial charge in [0.2, 0.25) is 0 Å². The molecular weight excluding hydrogens is 793 g/mol. The number of rotatable bonds is 8. The van der Waals surface area contributed by atoms with Crippen LogP contribution in [-0.4, -0.2) is 6.92 Å². The van der Waals surface area contributed by atoms with Crippen LogP contribution in [0.25, 0.3) is 11.1 Å². The van der Waals surface area contributed by atoms with E-state index in [1.165, 1.54) is 38.8 Å². The fourth-order valence-electron chi connectivity index (χ4n) is 10.4. The molecule has 65 heavy (non-hydrogen) atoms. The predicted octanol–water partition coefficient (Wildman–Crippen LogP) is 14.1. The fraction of sp³-hybridized carbons (Fsp3) is 0.100. The summed E-state index contributed by atoms with van der Waals surface area (Å²) in [5.41, 5.74) is 17.7. The zero-order valence-corrected chi connectivity index (χ0v) is 37.3. The zero-order valence-electron chi connectivity index (χ0n) is 37.3. The van der Waals surface area contributed by atoms with Crippen LogP contribution in [0.2, 0.25) is 0 Å². The van der Waals surface area contributed by atoms with Gasteiger partial charge < -0.3 is 19.0 Å². The summed E-state index contributed by atoms with van der Waals surface area (Å²) < 4.78 is 20.2. The van der Waals surface area contributed by atoms with E-state index in [-0.39, 0.29) is 6.92 Å². The summed E-state index contributed by atoms with van der Waals surface area (Å²) in [5.74, 6) is 3.99. The Morgan fingerprint density at radius 1 is 0.431 bits per heavy atom. The van der Waals surface area contributed by atoms with Gasteiger partial charge in [0.05, 0.1) is 16.8 Å². The maximum Gasteiger partial charge on any atom is 0.427 e. The third-order valence-electron chi connectivity index (χ3n) is 13.1. The summed E-state index contributed by atoms with van der Waals surface area (Å²) in [6.07, 6.45) is 0. The molecule has 2 heterocycles. The van der Waals surface area contributed by atoms with Gasteiger partial charge in [-0.1, -0.05) is 149 Å². The van der Waals surface area contributed by atoms with Crippen LogP contribution in [0.1, 0.15) is 50.1 Å². The lowest BCUT2D eigenvalue weighted by atomic mass is 9.50. The van der Waals surface area contributed by atoms with Crippen molar-refractivity contribution < 1.29 is 14.1 Å². The highest BCUT2D eigenvalue weighted by atomic mass is 16.5.